The van der Waals surface area contributed by atoms with Crippen molar-refractivity contribution in [1.29, 1.82) is 0 Å². The van der Waals surface area contributed by atoms with Crippen molar-refractivity contribution in [3.8, 4) is 0 Å². The number of hydrogen-bond donors (Lipinski definition) is 0. The van der Waals surface area contributed by atoms with E-state index in [1.807, 2.05) is 4.90 Å². The first-order valence-corrected chi connectivity index (χ1v) is 14.3. The highest BCUT2D eigenvalue weighted by molar-refractivity contribution is 7.89. The summed E-state index contributed by atoms with van der Waals surface area (Å²) in [6, 6.07) is 3.78. The Bertz CT molecular complexity index is 983. The monoisotopic (exact) mass is 515 g/mol. The molecule has 1 saturated carbocycles. The van der Waals surface area contributed by atoms with Crippen molar-refractivity contribution in [1.82, 2.24) is 14.1 Å². The number of sulfonamides is 1. The summed E-state index contributed by atoms with van der Waals surface area (Å²) < 4.78 is 67.9. The Morgan fingerprint density at radius 1 is 1.06 bits per heavy atom. The van der Waals surface area contributed by atoms with E-state index in [4.69, 9.17) is 0 Å². The first-order chi connectivity index (χ1) is 16.6. The summed E-state index contributed by atoms with van der Waals surface area (Å²) in [5, 5.41) is 0. The average Bonchev–Trinajstić information content (AvgIpc) is 3.49. The SMILES string of the molecule is CCCC(CC(=O)N1CCC(N(C2CC2)S(=O)(=O)c2cccc(C(F)(F)F)c2)CC1)N1CCCC1. The minimum absolute atomic E-state index is 0.118. The molecular weight excluding hydrogens is 479 g/mol. The highest BCUT2D eigenvalue weighted by Gasteiger charge is 2.44. The first-order valence-electron chi connectivity index (χ1n) is 12.8. The van der Waals surface area contributed by atoms with Crippen molar-refractivity contribution in [3.05, 3.63) is 29.8 Å². The summed E-state index contributed by atoms with van der Waals surface area (Å²) in [7, 11) is -4.07. The fourth-order valence-electron chi connectivity index (χ4n) is 5.53. The number of hydrogen-bond acceptors (Lipinski definition) is 4. The van der Waals surface area contributed by atoms with E-state index >= 15 is 0 Å². The minimum Gasteiger partial charge on any atom is -0.343 e. The Balaban J connectivity index is 1.42. The van der Waals surface area contributed by atoms with Gasteiger partial charge in [0, 0.05) is 37.6 Å². The summed E-state index contributed by atoms with van der Waals surface area (Å²) >= 11 is 0. The van der Waals surface area contributed by atoms with Gasteiger partial charge in [-0.25, -0.2) is 8.42 Å². The van der Waals surface area contributed by atoms with Crippen LogP contribution in [0.15, 0.2) is 29.2 Å². The van der Waals surface area contributed by atoms with Crippen LogP contribution in [0.25, 0.3) is 0 Å². The molecule has 0 aromatic heterocycles. The van der Waals surface area contributed by atoms with Crippen LogP contribution in [0, 0.1) is 0 Å². The van der Waals surface area contributed by atoms with Crippen LogP contribution >= 0.6 is 0 Å². The van der Waals surface area contributed by atoms with Gasteiger partial charge in [-0.05, 0) is 76.2 Å². The van der Waals surface area contributed by atoms with Crippen LogP contribution in [0.3, 0.4) is 0 Å². The number of carbonyl (C=O) groups excluding carboxylic acids is 1. The topological polar surface area (TPSA) is 60.9 Å². The van der Waals surface area contributed by atoms with Crippen molar-refractivity contribution in [3.63, 3.8) is 0 Å². The number of nitrogens with zero attached hydrogens (tertiary/aromatic N) is 3. The Hall–Kier alpha value is -1.65. The fourth-order valence-corrected chi connectivity index (χ4v) is 7.50. The number of carbonyl (C=O) groups is 1. The molecule has 1 aliphatic carbocycles. The van der Waals surface area contributed by atoms with Gasteiger partial charge in [-0.3, -0.25) is 9.69 Å². The van der Waals surface area contributed by atoms with Gasteiger partial charge in [-0.15, -0.1) is 0 Å². The summed E-state index contributed by atoms with van der Waals surface area (Å²) in [4.78, 5) is 17.0. The van der Waals surface area contributed by atoms with Gasteiger partial charge in [0.05, 0.1) is 10.5 Å². The van der Waals surface area contributed by atoms with E-state index in [0.29, 0.717) is 45.2 Å². The van der Waals surface area contributed by atoms with Gasteiger partial charge in [-0.2, -0.15) is 17.5 Å². The number of likely N-dealkylation sites (tertiary alicyclic amines) is 2. The van der Waals surface area contributed by atoms with Gasteiger partial charge < -0.3 is 4.90 Å². The predicted molar refractivity (Wildman–Crippen MR) is 127 cm³/mol. The molecule has 0 spiro atoms. The van der Waals surface area contributed by atoms with Crippen LogP contribution in [0.1, 0.15) is 70.3 Å². The fraction of sp³-hybridized carbons (Fsp3) is 0.720. The van der Waals surface area contributed by atoms with Crippen LogP contribution in [-0.4, -0.2) is 72.7 Å². The van der Waals surface area contributed by atoms with Crippen molar-refractivity contribution in [2.24, 2.45) is 0 Å². The molecular formula is C25H36F3N3O3S. The molecule has 1 aromatic rings. The summed E-state index contributed by atoms with van der Waals surface area (Å²) in [5.41, 5.74) is -0.964. The third-order valence-electron chi connectivity index (χ3n) is 7.51. The van der Waals surface area contributed by atoms with Crippen LogP contribution in [0.2, 0.25) is 0 Å². The van der Waals surface area contributed by atoms with Crippen molar-refractivity contribution in [2.45, 2.75) is 93.9 Å². The second-order valence-electron chi connectivity index (χ2n) is 10.1. The van der Waals surface area contributed by atoms with E-state index in [9.17, 15) is 26.4 Å². The van der Waals surface area contributed by atoms with E-state index in [-0.39, 0.29) is 28.9 Å². The lowest BCUT2D eigenvalue weighted by Crippen LogP contribution is -2.50. The van der Waals surface area contributed by atoms with Gasteiger partial charge in [0.1, 0.15) is 0 Å². The zero-order valence-electron chi connectivity index (χ0n) is 20.3. The molecule has 1 unspecified atom stereocenters. The van der Waals surface area contributed by atoms with E-state index in [0.717, 1.165) is 44.1 Å². The second-order valence-corrected chi connectivity index (χ2v) is 11.9. The Labute approximate surface area is 206 Å². The highest BCUT2D eigenvalue weighted by Crippen LogP contribution is 2.38. The minimum atomic E-state index is -4.60. The standard InChI is InChI=1S/C25H36F3N3O3S/c1-2-6-22(29-13-3-4-14-29)18-24(32)30-15-11-21(12-16-30)31(20-9-10-20)35(33,34)23-8-5-7-19(17-23)25(26,27)28/h5,7-8,17,20-22H,2-4,6,9-16,18H2,1H3. The molecule has 2 heterocycles. The summed E-state index contributed by atoms with van der Waals surface area (Å²) in [6.07, 6.45) is 2.70. The van der Waals surface area contributed by atoms with E-state index in [2.05, 4.69) is 11.8 Å². The largest absolute Gasteiger partial charge is 0.416 e. The Morgan fingerprint density at radius 3 is 2.26 bits per heavy atom. The number of amides is 1. The molecule has 0 radical (unpaired) electrons. The predicted octanol–water partition coefficient (Wildman–Crippen LogP) is 4.50. The van der Waals surface area contributed by atoms with Crippen LogP contribution in [-0.2, 0) is 21.0 Å². The molecule has 3 fully saturated rings. The van der Waals surface area contributed by atoms with Gasteiger partial charge in [0.2, 0.25) is 15.9 Å². The van der Waals surface area contributed by atoms with E-state index in [1.165, 1.54) is 23.2 Å². The lowest BCUT2D eigenvalue weighted by Gasteiger charge is -2.39. The molecule has 2 saturated heterocycles. The molecule has 2 aliphatic heterocycles. The molecule has 1 amide bonds. The lowest BCUT2D eigenvalue weighted by molar-refractivity contribution is -0.137. The lowest BCUT2D eigenvalue weighted by atomic mass is 10.0. The van der Waals surface area contributed by atoms with E-state index < -0.39 is 21.8 Å². The van der Waals surface area contributed by atoms with Crippen molar-refractivity contribution >= 4 is 15.9 Å². The molecule has 1 aromatic carbocycles. The van der Waals surface area contributed by atoms with Crippen LogP contribution in [0.4, 0.5) is 13.2 Å². The number of rotatable bonds is 9. The smallest absolute Gasteiger partial charge is 0.343 e. The van der Waals surface area contributed by atoms with E-state index in [1.54, 1.807) is 0 Å². The quantitative estimate of drug-likeness (QED) is 0.486. The Morgan fingerprint density at radius 2 is 1.69 bits per heavy atom. The molecule has 196 valence electrons. The molecule has 3 aliphatic rings. The second kappa shape index (κ2) is 10.8. The molecule has 1 atom stereocenters. The number of alkyl halides is 3. The number of benzene rings is 1. The first kappa shape index (κ1) is 26.4. The molecule has 35 heavy (non-hydrogen) atoms. The maximum Gasteiger partial charge on any atom is 0.416 e. The maximum absolute atomic E-state index is 13.4. The van der Waals surface area contributed by atoms with Crippen LogP contribution in [0.5, 0.6) is 0 Å². The molecule has 0 bridgehead atoms. The van der Waals surface area contributed by atoms with Gasteiger partial charge in [0.15, 0.2) is 0 Å². The third-order valence-corrected chi connectivity index (χ3v) is 9.51. The van der Waals surface area contributed by atoms with Crippen molar-refractivity contribution < 1.29 is 26.4 Å². The van der Waals surface area contributed by atoms with Crippen LogP contribution < -0.4 is 0 Å². The summed E-state index contributed by atoms with van der Waals surface area (Å²) in [6.45, 7) is 5.18. The average molecular weight is 516 g/mol. The summed E-state index contributed by atoms with van der Waals surface area (Å²) in [5.74, 6) is 0.118. The normalized spacial score (nSPS) is 21.6. The number of piperidine rings is 1. The van der Waals surface area contributed by atoms with Gasteiger partial charge >= 0.3 is 6.18 Å². The molecule has 4 rings (SSSR count). The van der Waals surface area contributed by atoms with Crippen molar-refractivity contribution in [2.75, 3.05) is 26.2 Å². The molecule has 10 heteroatoms. The maximum atomic E-state index is 13.4. The third kappa shape index (κ3) is 6.20. The zero-order chi connectivity index (χ0) is 25.2. The highest BCUT2D eigenvalue weighted by atomic mass is 32.2. The number of halogens is 3. The van der Waals surface area contributed by atoms with Gasteiger partial charge in [-0.1, -0.05) is 19.4 Å². The molecule has 6 nitrogen and oxygen atoms in total. The zero-order valence-corrected chi connectivity index (χ0v) is 21.2. The van der Waals surface area contributed by atoms with Gasteiger partial charge in [0.25, 0.3) is 0 Å². The molecule has 0 N–H and O–H groups in total. The Kier molecular flexibility index (Phi) is 8.12.